The van der Waals surface area contributed by atoms with Gasteiger partial charge in [-0.25, -0.2) is 24.1 Å². The average Bonchev–Trinajstić information content (AvgIpc) is 3.18. The molecule has 4 rings (SSSR count). The van der Waals surface area contributed by atoms with Crippen LogP contribution in [0.4, 0.5) is 21.0 Å². The van der Waals surface area contributed by atoms with Crippen molar-refractivity contribution in [1.82, 2.24) is 19.9 Å². The molecular weight excluding hydrogens is 411 g/mol. The van der Waals surface area contributed by atoms with Gasteiger partial charge >= 0.3 is 6.09 Å². The van der Waals surface area contributed by atoms with E-state index in [0.717, 1.165) is 11.1 Å². The van der Waals surface area contributed by atoms with Gasteiger partial charge < -0.3 is 10.1 Å². The number of hydrogen-bond acceptors (Lipinski definition) is 7. The van der Waals surface area contributed by atoms with Gasteiger partial charge in [0, 0.05) is 24.2 Å². The van der Waals surface area contributed by atoms with Gasteiger partial charge in [-0.1, -0.05) is 19.9 Å². The normalized spacial score (nSPS) is 16.9. The lowest BCUT2D eigenvalue weighted by Crippen LogP contribution is -2.37. The van der Waals surface area contributed by atoms with Gasteiger partial charge in [0.05, 0.1) is 12.1 Å². The summed E-state index contributed by atoms with van der Waals surface area (Å²) in [5.41, 5.74) is 2.22. The lowest BCUT2D eigenvalue weighted by Gasteiger charge is -2.23. The molecule has 0 aliphatic carbocycles. The number of benzene rings is 1. The van der Waals surface area contributed by atoms with Crippen molar-refractivity contribution in [3.63, 3.8) is 0 Å². The number of aromatic nitrogens is 4. The Labute approximate surface area is 185 Å². The minimum atomic E-state index is -0.406. The number of hydrogen-bond donors (Lipinski definition) is 1. The quantitative estimate of drug-likeness (QED) is 0.606. The predicted octanol–water partition coefficient (Wildman–Crippen LogP) is 4.54. The highest BCUT2D eigenvalue weighted by Crippen LogP contribution is 2.27. The minimum absolute atomic E-state index is 0.0753. The molecule has 2 atom stereocenters. The first-order valence-electron chi connectivity index (χ1n) is 10.5. The maximum absolute atomic E-state index is 13.5. The van der Waals surface area contributed by atoms with Crippen LogP contribution in [0.25, 0.3) is 11.1 Å². The highest BCUT2D eigenvalue weighted by Gasteiger charge is 2.37. The molecule has 2 aromatic heterocycles. The van der Waals surface area contributed by atoms with Crippen molar-refractivity contribution in [1.29, 1.82) is 0 Å². The Balaban J connectivity index is 1.49. The molecule has 1 amide bonds. The summed E-state index contributed by atoms with van der Waals surface area (Å²) in [6.07, 6.45) is 4.60. The van der Waals surface area contributed by atoms with Crippen molar-refractivity contribution in [3.05, 3.63) is 60.1 Å². The van der Waals surface area contributed by atoms with E-state index in [4.69, 9.17) is 4.74 Å². The highest BCUT2D eigenvalue weighted by atomic mass is 19.1. The van der Waals surface area contributed by atoms with Crippen molar-refractivity contribution in [2.24, 2.45) is 5.92 Å². The van der Waals surface area contributed by atoms with Crippen molar-refractivity contribution in [3.8, 4) is 11.1 Å². The van der Waals surface area contributed by atoms with Crippen LogP contribution in [0.15, 0.2) is 42.9 Å². The topological polar surface area (TPSA) is 93.1 Å². The number of carbonyl (C=O) groups is 1. The zero-order valence-corrected chi connectivity index (χ0v) is 18.4. The maximum Gasteiger partial charge on any atom is 0.415 e. The number of carbonyl (C=O) groups excluding carboxylic acids is 1. The standard InChI is InChI=1S/C23H25FN6O2/c1-13(2)19-12-32-23(31)30(19)20-7-8-25-22(29-20)28-15(4)21-26-10-17(11-27-21)16-5-6-18(24)14(3)9-16/h5-11,13,15,19H,12H2,1-4H3,(H,25,28,29)/t15-,19?/m1/s1. The van der Waals surface area contributed by atoms with E-state index in [0.29, 0.717) is 29.8 Å². The summed E-state index contributed by atoms with van der Waals surface area (Å²) >= 11 is 0. The fraction of sp³-hybridized carbons (Fsp3) is 0.348. The summed E-state index contributed by atoms with van der Waals surface area (Å²) in [4.78, 5) is 31.4. The second kappa shape index (κ2) is 8.86. The Kier molecular flexibility index (Phi) is 5.98. The average molecular weight is 436 g/mol. The Hall–Kier alpha value is -3.62. The summed E-state index contributed by atoms with van der Waals surface area (Å²) in [6, 6.07) is 6.24. The molecule has 1 aliphatic heterocycles. The third-order valence-corrected chi connectivity index (χ3v) is 5.46. The molecule has 3 heterocycles. The third-order valence-electron chi connectivity index (χ3n) is 5.46. The van der Waals surface area contributed by atoms with Gasteiger partial charge in [0.25, 0.3) is 0 Å². The Morgan fingerprint density at radius 1 is 1.12 bits per heavy atom. The second-order valence-electron chi connectivity index (χ2n) is 8.16. The van der Waals surface area contributed by atoms with Crippen molar-refractivity contribution in [2.45, 2.75) is 39.8 Å². The summed E-state index contributed by atoms with van der Waals surface area (Å²) < 4.78 is 18.7. The predicted molar refractivity (Wildman–Crippen MR) is 119 cm³/mol. The molecule has 32 heavy (non-hydrogen) atoms. The van der Waals surface area contributed by atoms with Crippen LogP contribution in [0.2, 0.25) is 0 Å². The van der Waals surface area contributed by atoms with Crippen LogP contribution in [0.1, 0.15) is 38.2 Å². The van der Waals surface area contributed by atoms with Crippen LogP contribution >= 0.6 is 0 Å². The number of nitrogens with one attached hydrogen (secondary N) is 1. The van der Waals surface area contributed by atoms with E-state index < -0.39 is 6.09 Å². The van der Waals surface area contributed by atoms with E-state index >= 15 is 0 Å². The van der Waals surface area contributed by atoms with E-state index in [2.05, 4.69) is 25.3 Å². The summed E-state index contributed by atoms with van der Waals surface area (Å²) in [7, 11) is 0. The molecule has 1 unspecified atom stereocenters. The molecule has 0 radical (unpaired) electrons. The van der Waals surface area contributed by atoms with Crippen LogP contribution in [0.3, 0.4) is 0 Å². The van der Waals surface area contributed by atoms with Gasteiger partial charge in [0.15, 0.2) is 0 Å². The zero-order valence-electron chi connectivity index (χ0n) is 18.4. The molecule has 8 nitrogen and oxygen atoms in total. The van der Waals surface area contributed by atoms with E-state index in [1.54, 1.807) is 48.6 Å². The van der Waals surface area contributed by atoms with E-state index in [1.807, 2.05) is 20.8 Å². The molecule has 1 aromatic carbocycles. The number of rotatable bonds is 6. The van der Waals surface area contributed by atoms with E-state index in [9.17, 15) is 9.18 Å². The lowest BCUT2D eigenvalue weighted by molar-refractivity contribution is 0.177. The molecule has 3 aromatic rings. The fourth-order valence-corrected chi connectivity index (χ4v) is 3.54. The smallest absolute Gasteiger partial charge is 0.415 e. The minimum Gasteiger partial charge on any atom is -0.447 e. The van der Waals surface area contributed by atoms with Crippen LogP contribution in [-0.4, -0.2) is 38.7 Å². The first-order valence-corrected chi connectivity index (χ1v) is 10.5. The number of halogens is 1. The largest absolute Gasteiger partial charge is 0.447 e. The Morgan fingerprint density at radius 3 is 2.56 bits per heavy atom. The molecule has 0 spiro atoms. The number of cyclic esters (lactones) is 1. The van der Waals surface area contributed by atoms with E-state index in [1.165, 1.54) is 6.07 Å². The molecule has 166 valence electrons. The summed E-state index contributed by atoms with van der Waals surface area (Å²) in [5.74, 6) is 1.39. The number of amides is 1. The summed E-state index contributed by atoms with van der Waals surface area (Å²) in [6.45, 7) is 8.04. The zero-order chi connectivity index (χ0) is 22.8. The van der Waals surface area contributed by atoms with Gasteiger partial charge in [-0.05, 0) is 49.1 Å². The van der Waals surface area contributed by atoms with Crippen LogP contribution in [-0.2, 0) is 4.74 Å². The third kappa shape index (κ3) is 4.37. The SMILES string of the molecule is Cc1cc(-c2cnc([C@@H](C)Nc3nccc(N4C(=O)OCC4C(C)C)n3)nc2)ccc1F. The van der Waals surface area contributed by atoms with Crippen LogP contribution < -0.4 is 10.2 Å². The molecule has 1 aliphatic rings. The first kappa shape index (κ1) is 21.6. The molecule has 1 N–H and O–H groups in total. The number of ether oxygens (including phenoxy) is 1. The molecular formula is C23H25FN6O2. The van der Waals surface area contributed by atoms with Gasteiger partial charge in [-0.15, -0.1) is 0 Å². The Morgan fingerprint density at radius 2 is 1.88 bits per heavy atom. The van der Waals surface area contributed by atoms with Crippen LogP contribution in [0.5, 0.6) is 0 Å². The van der Waals surface area contributed by atoms with Gasteiger partial charge in [0.1, 0.15) is 24.1 Å². The van der Waals surface area contributed by atoms with Gasteiger partial charge in [-0.3, -0.25) is 4.90 Å². The van der Waals surface area contributed by atoms with Crippen molar-refractivity contribution >= 4 is 17.9 Å². The molecule has 0 bridgehead atoms. The monoisotopic (exact) mass is 436 g/mol. The molecule has 1 fully saturated rings. The lowest BCUT2D eigenvalue weighted by atomic mass is 10.0. The maximum atomic E-state index is 13.5. The number of nitrogens with zero attached hydrogens (tertiary/aromatic N) is 5. The van der Waals surface area contributed by atoms with Crippen molar-refractivity contribution in [2.75, 3.05) is 16.8 Å². The first-order chi connectivity index (χ1) is 15.3. The van der Waals surface area contributed by atoms with Gasteiger partial charge in [-0.2, -0.15) is 4.98 Å². The fourth-order valence-electron chi connectivity index (χ4n) is 3.54. The number of aryl methyl sites for hydroxylation is 1. The number of anilines is 2. The molecule has 1 saturated heterocycles. The Bertz CT molecular complexity index is 1120. The van der Waals surface area contributed by atoms with E-state index in [-0.39, 0.29) is 23.8 Å². The van der Waals surface area contributed by atoms with Crippen molar-refractivity contribution < 1.29 is 13.9 Å². The van der Waals surface area contributed by atoms with Gasteiger partial charge in [0.2, 0.25) is 5.95 Å². The van der Waals surface area contributed by atoms with Crippen LogP contribution in [0, 0.1) is 18.7 Å². The molecule has 0 saturated carbocycles. The second-order valence-corrected chi connectivity index (χ2v) is 8.16. The summed E-state index contributed by atoms with van der Waals surface area (Å²) in [5, 5.41) is 3.18. The molecule has 9 heteroatoms. The highest BCUT2D eigenvalue weighted by molar-refractivity contribution is 5.89.